The quantitative estimate of drug-likeness (QED) is 0.945. The average molecular weight is 294 g/mol. The lowest BCUT2D eigenvalue weighted by molar-refractivity contribution is 0.0254. The van der Waals surface area contributed by atoms with Crippen LogP contribution in [0.3, 0.4) is 0 Å². The van der Waals surface area contributed by atoms with Crippen LogP contribution < -0.4 is 10.1 Å². The molecule has 0 saturated carbocycles. The molecular formula is C14H15FN2O2S. The number of aryl methyl sites for hydroxylation is 1. The van der Waals surface area contributed by atoms with Crippen LogP contribution in [0.25, 0.3) is 0 Å². The van der Waals surface area contributed by atoms with Gasteiger partial charge in [0.2, 0.25) is 5.88 Å². The maximum Gasteiger partial charge on any atom is 0.233 e. The number of morpholine rings is 1. The standard InChI is InChI=1S/C14H15FN2O2S/c1-9-14(17-8-20-9)19-10-2-3-12(15)11(6-10)13-7-16-4-5-18-13/h2-3,6,8,13,16H,4-5,7H2,1H3/t13-/m0/s1. The highest BCUT2D eigenvalue weighted by atomic mass is 32.1. The van der Waals surface area contributed by atoms with Gasteiger partial charge in [-0.3, -0.25) is 0 Å². The molecule has 1 aliphatic rings. The van der Waals surface area contributed by atoms with E-state index in [1.54, 1.807) is 17.6 Å². The Morgan fingerprint density at radius 2 is 2.40 bits per heavy atom. The number of halogens is 1. The normalized spacial score (nSPS) is 19.0. The first-order chi connectivity index (χ1) is 9.74. The number of aromatic nitrogens is 1. The Morgan fingerprint density at radius 3 is 3.10 bits per heavy atom. The van der Waals surface area contributed by atoms with Gasteiger partial charge in [0, 0.05) is 18.7 Å². The second kappa shape index (κ2) is 5.87. The summed E-state index contributed by atoms with van der Waals surface area (Å²) in [5.74, 6) is 0.862. The van der Waals surface area contributed by atoms with E-state index in [1.165, 1.54) is 17.4 Å². The van der Waals surface area contributed by atoms with Crippen molar-refractivity contribution in [3.05, 3.63) is 40.0 Å². The molecule has 0 aliphatic carbocycles. The molecule has 0 unspecified atom stereocenters. The van der Waals surface area contributed by atoms with Crippen LogP contribution >= 0.6 is 11.3 Å². The molecule has 1 fully saturated rings. The molecule has 2 heterocycles. The van der Waals surface area contributed by atoms with Gasteiger partial charge in [0.1, 0.15) is 11.6 Å². The summed E-state index contributed by atoms with van der Waals surface area (Å²) in [5, 5.41) is 3.19. The molecule has 106 valence electrons. The Bertz CT molecular complexity index is 597. The molecule has 1 N–H and O–H groups in total. The molecule has 6 heteroatoms. The zero-order valence-corrected chi connectivity index (χ0v) is 11.9. The van der Waals surface area contributed by atoms with Crippen molar-refractivity contribution in [3.63, 3.8) is 0 Å². The minimum absolute atomic E-state index is 0.274. The predicted molar refractivity (Wildman–Crippen MR) is 74.9 cm³/mol. The van der Waals surface area contributed by atoms with Gasteiger partial charge < -0.3 is 14.8 Å². The minimum Gasteiger partial charge on any atom is -0.438 e. The fraction of sp³-hybridized carbons (Fsp3) is 0.357. The van der Waals surface area contributed by atoms with Crippen LogP contribution in [-0.2, 0) is 4.74 Å². The van der Waals surface area contributed by atoms with E-state index in [1.807, 2.05) is 6.92 Å². The van der Waals surface area contributed by atoms with Crippen LogP contribution in [0, 0.1) is 12.7 Å². The molecular weight excluding hydrogens is 279 g/mol. The molecule has 20 heavy (non-hydrogen) atoms. The maximum absolute atomic E-state index is 13.9. The van der Waals surface area contributed by atoms with E-state index in [9.17, 15) is 4.39 Å². The van der Waals surface area contributed by atoms with Crippen molar-refractivity contribution in [2.24, 2.45) is 0 Å². The number of nitrogens with zero attached hydrogens (tertiary/aromatic N) is 1. The summed E-state index contributed by atoms with van der Waals surface area (Å²) in [4.78, 5) is 5.13. The second-order valence-corrected chi connectivity index (χ2v) is 5.62. The molecule has 1 saturated heterocycles. The summed E-state index contributed by atoms with van der Waals surface area (Å²) in [6, 6.07) is 4.70. The summed E-state index contributed by atoms with van der Waals surface area (Å²) in [6.07, 6.45) is -0.274. The number of thiazole rings is 1. The third-order valence-electron chi connectivity index (χ3n) is 3.16. The summed E-state index contributed by atoms with van der Waals surface area (Å²) in [7, 11) is 0. The molecule has 1 aromatic carbocycles. The van der Waals surface area contributed by atoms with E-state index in [0.29, 0.717) is 30.3 Å². The Kier molecular flexibility index (Phi) is 3.95. The molecule has 0 amide bonds. The minimum atomic E-state index is -0.277. The number of benzene rings is 1. The zero-order chi connectivity index (χ0) is 13.9. The summed E-state index contributed by atoms with van der Waals surface area (Å²) >= 11 is 1.51. The third-order valence-corrected chi connectivity index (χ3v) is 3.90. The van der Waals surface area contributed by atoms with Crippen molar-refractivity contribution < 1.29 is 13.9 Å². The summed E-state index contributed by atoms with van der Waals surface area (Å²) in [5.41, 5.74) is 2.24. The van der Waals surface area contributed by atoms with Gasteiger partial charge in [-0.1, -0.05) is 0 Å². The number of hydrogen-bond acceptors (Lipinski definition) is 5. The van der Waals surface area contributed by atoms with Crippen molar-refractivity contribution in [3.8, 4) is 11.6 Å². The van der Waals surface area contributed by atoms with E-state index in [4.69, 9.17) is 9.47 Å². The van der Waals surface area contributed by atoms with Gasteiger partial charge in [0.25, 0.3) is 0 Å². The highest BCUT2D eigenvalue weighted by Gasteiger charge is 2.20. The van der Waals surface area contributed by atoms with Gasteiger partial charge in [0.05, 0.1) is 23.1 Å². The number of hydrogen-bond donors (Lipinski definition) is 1. The first-order valence-electron chi connectivity index (χ1n) is 6.44. The van der Waals surface area contributed by atoms with Crippen LogP contribution in [0.1, 0.15) is 16.5 Å². The topological polar surface area (TPSA) is 43.4 Å². The zero-order valence-electron chi connectivity index (χ0n) is 11.1. The lowest BCUT2D eigenvalue weighted by Gasteiger charge is -2.24. The van der Waals surface area contributed by atoms with E-state index in [2.05, 4.69) is 10.3 Å². The van der Waals surface area contributed by atoms with E-state index in [0.717, 1.165) is 11.4 Å². The van der Waals surface area contributed by atoms with E-state index in [-0.39, 0.29) is 11.9 Å². The molecule has 1 atom stereocenters. The number of ether oxygens (including phenoxy) is 2. The van der Waals surface area contributed by atoms with Crippen molar-refractivity contribution >= 4 is 11.3 Å². The van der Waals surface area contributed by atoms with Gasteiger partial charge >= 0.3 is 0 Å². The summed E-state index contributed by atoms with van der Waals surface area (Å²) < 4.78 is 25.2. The van der Waals surface area contributed by atoms with Crippen LogP contribution in [0.4, 0.5) is 4.39 Å². The predicted octanol–water partition coefficient (Wildman–Crippen LogP) is 3.04. The van der Waals surface area contributed by atoms with Crippen molar-refractivity contribution in [1.82, 2.24) is 10.3 Å². The van der Waals surface area contributed by atoms with Crippen molar-refractivity contribution in [2.45, 2.75) is 13.0 Å². The molecule has 3 rings (SSSR count). The van der Waals surface area contributed by atoms with Gasteiger partial charge in [-0.2, -0.15) is 0 Å². The highest BCUT2D eigenvalue weighted by Crippen LogP contribution is 2.30. The smallest absolute Gasteiger partial charge is 0.233 e. The molecule has 0 radical (unpaired) electrons. The second-order valence-electron chi connectivity index (χ2n) is 4.56. The van der Waals surface area contributed by atoms with Crippen LogP contribution in [0.2, 0.25) is 0 Å². The SMILES string of the molecule is Cc1scnc1Oc1ccc(F)c([C@@H]2CNCCO2)c1. The Balaban J connectivity index is 1.84. The van der Waals surface area contributed by atoms with E-state index < -0.39 is 0 Å². The molecule has 2 aromatic rings. The largest absolute Gasteiger partial charge is 0.438 e. The Morgan fingerprint density at radius 1 is 1.50 bits per heavy atom. The van der Waals surface area contributed by atoms with Crippen LogP contribution in [0.15, 0.2) is 23.7 Å². The van der Waals surface area contributed by atoms with Gasteiger partial charge in [-0.15, -0.1) is 11.3 Å². The van der Waals surface area contributed by atoms with Crippen LogP contribution in [-0.4, -0.2) is 24.7 Å². The average Bonchev–Trinajstić information content (AvgIpc) is 2.87. The first-order valence-corrected chi connectivity index (χ1v) is 7.31. The third kappa shape index (κ3) is 2.82. The fourth-order valence-corrected chi connectivity index (χ4v) is 2.60. The number of rotatable bonds is 3. The van der Waals surface area contributed by atoms with Gasteiger partial charge in [-0.05, 0) is 25.1 Å². The highest BCUT2D eigenvalue weighted by molar-refractivity contribution is 7.09. The molecule has 0 bridgehead atoms. The lowest BCUT2D eigenvalue weighted by atomic mass is 10.1. The molecule has 0 spiro atoms. The summed E-state index contributed by atoms with van der Waals surface area (Å²) in [6.45, 7) is 3.93. The Labute approximate surface area is 120 Å². The monoisotopic (exact) mass is 294 g/mol. The molecule has 4 nitrogen and oxygen atoms in total. The van der Waals surface area contributed by atoms with Crippen molar-refractivity contribution in [2.75, 3.05) is 19.7 Å². The lowest BCUT2D eigenvalue weighted by Crippen LogP contribution is -2.33. The van der Waals surface area contributed by atoms with Gasteiger partial charge in [-0.25, -0.2) is 9.37 Å². The van der Waals surface area contributed by atoms with Gasteiger partial charge in [0.15, 0.2) is 0 Å². The number of nitrogens with one attached hydrogen (secondary N) is 1. The maximum atomic E-state index is 13.9. The molecule has 1 aromatic heterocycles. The van der Waals surface area contributed by atoms with Crippen molar-refractivity contribution in [1.29, 1.82) is 0 Å². The van der Waals surface area contributed by atoms with E-state index >= 15 is 0 Å². The van der Waals surface area contributed by atoms with Crippen LogP contribution in [0.5, 0.6) is 11.6 Å². The Hall–Kier alpha value is -1.50. The fourth-order valence-electron chi connectivity index (χ4n) is 2.10. The molecule has 1 aliphatic heterocycles. The first kappa shape index (κ1) is 13.5.